The minimum atomic E-state index is 0.438. The van der Waals surface area contributed by atoms with Crippen LogP contribution in [0, 0.1) is 0 Å². The molecule has 0 amide bonds. The van der Waals surface area contributed by atoms with Crippen molar-refractivity contribution in [3.63, 3.8) is 0 Å². The second-order valence-corrected chi connectivity index (χ2v) is 4.65. The van der Waals surface area contributed by atoms with E-state index in [1.54, 1.807) is 0 Å². The average Bonchev–Trinajstić information content (AvgIpc) is 2.30. The SMILES string of the molecule is CCNC(C)/C(C)=C/c1ccc(N(C)C)cc1. The fourth-order valence-electron chi connectivity index (χ4n) is 1.72. The molecule has 0 aromatic heterocycles. The first kappa shape index (κ1) is 13.8. The first-order valence-corrected chi connectivity index (χ1v) is 6.23. The van der Waals surface area contributed by atoms with Gasteiger partial charge in [-0.3, -0.25) is 0 Å². The Bertz CT molecular complexity index is 363. The van der Waals surface area contributed by atoms with E-state index in [2.05, 4.69) is 75.4 Å². The maximum atomic E-state index is 3.42. The molecule has 1 aromatic rings. The number of benzene rings is 1. The molecule has 1 unspecified atom stereocenters. The average molecular weight is 232 g/mol. The molecule has 2 nitrogen and oxygen atoms in total. The molecule has 0 aliphatic carbocycles. The van der Waals surface area contributed by atoms with Gasteiger partial charge in [-0.15, -0.1) is 0 Å². The minimum absolute atomic E-state index is 0.438. The van der Waals surface area contributed by atoms with Crippen molar-refractivity contribution < 1.29 is 0 Å². The van der Waals surface area contributed by atoms with Gasteiger partial charge in [-0.1, -0.05) is 30.7 Å². The fraction of sp³-hybridized carbons (Fsp3) is 0.467. The molecule has 2 heteroatoms. The molecule has 0 heterocycles. The van der Waals surface area contributed by atoms with E-state index in [1.165, 1.54) is 16.8 Å². The molecule has 0 radical (unpaired) electrons. The predicted molar refractivity (Wildman–Crippen MR) is 77.6 cm³/mol. The Kier molecular flexibility index (Phi) is 5.23. The summed E-state index contributed by atoms with van der Waals surface area (Å²) in [5, 5.41) is 3.42. The van der Waals surface area contributed by atoms with Crippen LogP contribution in [0.25, 0.3) is 6.08 Å². The standard InChI is InChI=1S/C15H24N2/c1-6-16-13(3)12(2)11-14-7-9-15(10-8-14)17(4)5/h7-11,13,16H,6H2,1-5H3/b12-11+. The van der Waals surface area contributed by atoms with Crippen molar-refractivity contribution in [2.75, 3.05) is 25.5 Å². The lowest BCUT2D eigenvalue weighted by molar-refractivity contribution is 0.636. The maximum Gasteiger partial charge on any atom is 0.0361 e. The fourth-order valence-corrected chi connectivity index (χ4v) is 1.72. The summed E-state index contributed by atoms with van der Waals surface area (Å²) in [7, 11) is 4.12. The summed E-state index contributed by atoms with van der Waals surface area (Å²) >= 11 is 0. The molecular weight excluding hydrogens is 208 g/mol. The van der Waals surface area contributed by atoms with E-state index in [0.717, 1.165) is 6.54 Å². The second-order valence-electron chi connectivity index (χ2n) is 4.65. The molecule has 0 bridgehead atoms. The van der Waals surface area contributed by atoms with Gasteiger partial charge in [0.05, 0.1) is 0 Å². The van der Waals surface area contributed by atoms with Crippen LogP contribution in [0.3, 0.4) is 0 Å². The number of anilines is 1. The first-order valence-electron chi connectivity index (χ1n) is 6.23. The molecule has 1 N–H and O–H groups in total. The summed E-state index contributed by atoms with van der Waals surface area (Å²) in [6.07, 6.45) is 2.24. The van der Waals surface area contributed by atoms with E-state index in [-0.39, 0.29) is 0 Å². The minimum Gasteiger partial charge on any atom is -0.378 e. The van der Waals surface area contributed by atoms with Gasteiger partial charge in [0.25, 0.3) is 0 Å². The van der Waals surface area contributed by atoms with Crippen LogP contribution in [0.4, 0.5) is 5.69 Å². The third-order valence-corrected chi connectivity index (χ3v) is 3.00. The summed E-state index contributed by atoms with van der Waals surface area (Å²) in [6, 6.07) is 9.07. The highest BCUT2D eigenvalue weighted by Gasteiger charge is 2.01. The smallest absolute Gasteiger partial charge is 0.0361 e. The molecule has 1 aromatic carbocycles. The second kappa shape index (κ2) is 6.45. The molecule has 0 saturated carbocycles. The molecule has 0 fully saturated rings. The van der Waals surface area contributed by atoms with Crippen LogP contribution in [-0.2, 0) is 0 Å². The van der Waals surface area contributed by atoms with Crippen molar-refractivity contribution in [3.8, 4) is 0 Å². The molecule has 0 spiro atoms. The van der Waals surface area contributed by atoms with Crippen molar-refractivity contribution >= 4 is 11.8 Å². The lowest BCUT2D eigenvalue weighted by atomic mass is 10.1. The quantitative estimate of drug-likeness (QED) is 0.839. The highest BCUT2D eigenvalue weighted by atomic mass is 15.1. The van der Waals surface area contributed by atoms with Crippen molar-refractivity contribution in [3.05, 3.63) is 35.4 Å². The van der Waals surface area contributed by atoms with Crippen molar-refractivity contribution in [2.24, 2.45) is 0 Å². The lowest BCUT2D eigenvalue weighted by Gasteiger charge is -2.14. The molecule has 94 valence electrons. The number of rotatable bonds is 5. The van der Waals surface area contributed by atoms with Crippen LogP contribution in [-0.4, -0.2) is 26.7 Å². The maximum absolute atomic E-state index is 3.42. The predicted octanol–water partition coefficient (Wildman–Crippen LogP) is 3.15. The van der Waals surface area contributed by atoms with Gasteiger partial charge < -0.3 is 10.2 Å². The van der Waals surface area contributed by atoms with Gasteiger partial charge >= 0.3 is 0 Å². The normalized spacial score (nSPS) is 13.6. The van der Waals surface area contributed by atoms with E-state index in [1.807, 2.05) is 0 Å². The zero-order valence-electron chi connectivity index (χ0n) is 11.6. The number of hydrogen-bond donors (Lipinski definition) is 1. The Hall–Kier alpha value is -1.28. The first-order chi connectivity index (χ1) is 8.04. The lowest BCUT2D eigenvalue weighted by Crippen LogP contribution is -2.26. The number of nitrogens with zero attached hydrogens (tertiary/aromatic N) is 1. The van der Waals surface area contributed by atoms with Crippen LogP contribution in [0.2, 0.25) is 0 Å². The van der Waals surface area contributed by atoms with Gasteiger partial charge in [-0.05, 0) is 38.1 Å². The van der Waals surface area contributed by atoms with Crippen LogP contribution in [0.1, 0.15) is 26.3 Å². The van der Waals surface area contributed by atoms with Crippen LogP contribution < -0.4 is 10.2 Å². The number of nitrogens with one attached hydrogen (secondary N) is 1. The molecule has 0 aliphatic rings. The molecule has 0 saturated heterocycles. The van der Waals surface area contributed by atoms with Crippen LogP contribution >= 0.6 is 0 Å². The summed E-state index contributed by atoms with van der Waals surface area (Å²) < 4.78 is 0. The van der Waals surface area contributed by atoms with E-state index in [4.69, 9.17) is 0 Å². The molecule has 0 aliphatic heterocycles. The Morgan fingerprint density at radius 3 is 2.35 bits per heavy atom. The highest BCUT2D eigenvalue weighted by molar-refractivity contribution is 5.57. The Morgan fingerprint density at radius 1 is 1.29 bits per heavy atom. The van der Waals surface area contributed by atoms with Gasteiger partial charge in [0.1, 0.15) is 0 Å². The Labute approximate surface area is 105 Å². The zero-order chi connectivity index (χ0) is 12.8. The van der Waals surface area contributed by atoms with Crippen molar-refractivity contribution in [1.29, 1.82) is 0 Å². The van der Waals surface area contributed by atoms with Gasteiger partial charge in [-0.2, -0.15) is 0 Å². The summed E-state index contributed by atoms with van der Waals surface area (Å²) in [5.74, 6) is 0. The molecule has 1 atom stereocenters. The van der Waals surface area contributed by atoms with Gasteiger partial charge in [0, 0.05) is 25.8 Å². The largest absolute Gasteiger partial charge is 0.378 e. The monoisotopic (exact) mass is 232 g/mol. The topological polar surface area (TPSA) is 15.3 Å². The van der Waals surface area contributed by atoms with Gasteiger partial charge in [0.15, 0.2) is 0 Å². The van der Waals surface area contributed by atoms with Gasteiger partial charge in [-0.25, -0.2) is 0 Å². The third-order valence-electron chi connectivity index (χ3n) is 3.00. The summed E-state index contributed by atoms with van der Waals surface area (Å²) in [5.41, 5.74) is 3.86. The summed E-state index contributed by atoms with van der Waals surface area (Å²) in [6.45, 7) is 7.51. The van der Waals surface area contributed by atoms with E-state index < -0.39 is 0 Å². The molecule has 17 heavy (non-hydrogen) atoms. The van der Waals surface area contributed by atoms with Gasteiger partial charge in [0.2, 0.25) is 0 Å². The number of likely N-dealkylation sites (N-methyl/N-ethyl adjacent to an activating group) is 1. The van der Waals surface area contributed by atoms with E-state index in [9.17, 15) is 0 Å². The molecular formula is C15H24N2. The van der Waals surface area contributed by atoms with E-state index in [0.29, 0.717) is 6.04 Å². The molecule has 1 rings (SSSR count). The number of hydrogen-bond acceptors (Lipinski definition) is 2. The summed E-state index contributed by atoms with van der Waals surface area (Å²) in [4.78, 5) is 2.11. The van der Waals surface area contributed by atoms with Crippen LogP contribution in [0.15, 0.2) is 29.8 Å². The Balaban J connectivity index is 2.77. The van der Waals surface area contributed by atoms with Crippen molar-refractivity contribution in [1.82, 2.24) is 5.32 Å². The Morgan fingerprint density at radius 2 is 1.88 bits per heavy atom. The van der Waals surface area contributed by atoms with E-state index >= 15 is 0 Å². The zero-order valence-corrected chi connectivity index (χ0v) is 11.6. The van der Waals surface area contributed by atoms with Crippen molar-refractivity contribution in [2.45, 2.75) is 26.8 Å². The van der Waals surface area contributed by atoms with Crippen LogP contribution in [0.5, 0.6) is 0 Å². The highest BCUT2D eigenvalue weighted by Crippen LogP contribution is 2.15. The third kappa shape index (κ3) is 4.23.